The summed E-state index contributed by atoms with van der Waals surface area (Å²) in [4.78, 5) is 11.0. The number of halogens is 1. The first-order valence-corrected chi connectivity index (χ1v) is 4.68. The Kier molecular flexibility index (Phi) is 3.64. The fraction of sp³-hybridized carbons (Fsp3) is 0.417. The van der Waals surface area contributed by atoms with Crippen molar-refractivity contribution in [1.82, 2.24) is 0 Å². The molecule has 0 amide bonds. The molecule has 0 saturated carbocycles. The highest BCUT2D eigenvalue weighted by molar-refractivity contribution is 5.95. The molecular weight excluding hydrogens is 179 g/mol. The van der Waals surface area contributed by atoms with Crippen molar-refractivity contribution in [3.05, 3.63) is 23.6 Å². The third kappa shape index (κ3) is 2.85. The van der Waals surface area contributed by atoms with E-state index in [1.807, 2.05) is 6.92 Å². The summed E-state index contributed by atoms with van der Waals surface area (Å²) in [5.41, 5.74) is 1.11. The Morgan fingerprint density at radius 2 is 2.36 bits per heavy atom. The fourth-order valence-corrected chi connectivity index (χ4v) is 1.51. The van der Waals surface area contributed by atoms with E-state index in [1.165, 1.54) is 6.08 Å². The van der Waals surface area contributed by atoms with Crippen LogP contribution in [0, 0.1) is 18.3 Å². The van der Waals surface area contributed by atoms with Crippen LogP contribution in [0.2, 0.25) is 0 Å². The number of Topliss-reactive ketones (excluding diaryl/α,β-unsaturated/α-hetero) is 1. The molecule has 1 rings (SSSR count). The number of carbonyl (C=O) groups excluding carboxylic acids is 1. The summed E-state index contributed by atoms with van der Waals surface area (Å²) in [7, 11) is 0. The van der Waals surface area contributed by atoms with Gasteiger partial charge in [-0.2, -0.15) is 0 Å². The number of rotatable bonds is 3. The minimum absolute atomic E-state index is 0.0933. The molecule has 1 aliphatic rings. The van der Waals surface area contributed by atoms with Crippen molar-refractivity contribution in [2.45, 2.75) is 26.2 Å². The molecule has 0 aromatic rings. The summed E-state index contributed by atoms with van der Waals surface area (Å²) >= 11 is 0. The third-order valence-electron chi connectivity index (χ3n) is 2.42. The second-order valence-corrected chi connectivity index (χ2v) is 3.53. The predicted octanol–water partition coefficient (Wildman–Crippen LogP) is 2.79. The van der Waals surface area contributed by atoms with Gasteiger partial charge in [-0.05, 0) is 24.3 Å². The Morgan fingerprint density at radius 3 is 2.86 bits per heavy atom. The second kappa shape index (κ2) is 4.76. The lowest BCUT2D eigenvalue weighted by Gasteiger charge is -2.16. The van der Waals surface area contributed by atoms with Gasteiger partial charge in [-0.3, -0.25) is 4.79 Å². The summed E-state index contributed by atoms with van der Waals surface area (Å²) < 4.78 is 12.7. The topological polar surface area (TPSA) is 17.1 Å². The molecule has 0 aliphatic heterocycles. The molecule has 0 fully saturated rings. The predicted molar refractivity (Wildman–Crippen MR) is 54.1 cm³/mol. The van der Waals surface area contributed by atoms with Gasteiger partial charge in [0.2, 0.25) is 5.78 Å². The largest absolute Gasteiger partial charge is 0.285 e. The van der Waals surface area contributed by atoms with E-state index in [0.717, 1.165) is 5.57 Å². The Labute approximate surface area is 83.7 Å². The first kappa shape index (κ1) is 10.7. The van der Waals surface area contributed by atoms with Gasteiger partial charge in [0.25, 0.3) is 0 Å². The molecule has 0 heterocycles. The van der Waals surface area contributed by atoms with Gasteiger partial charge in [0.15, 0.2) is 0 Å². The summed E-state index contributed by atoms with van der Waals surface area (Å²) in [5.74, 6) is 1.94. The fourth-order valence-electron chi connectivity index (χ4n) is 1.51. The number of hydrogen-bond acceptors (Lipinski definition) is 1. The maximum atomic E-state index is 12.7. The monoisotopic (exact) mass is 192 g/mol. The van der Waals surface area contributed by atoms with Gasteiger partial charge in [0.1, 0.15) is 5.83 Å². The molecule has 1 atom stereocenters. The molecule has 0 saturated heterocycles. The first-order valence-electron chi connectivity index (χ1n) is 4.68. The smallest absolute Gasteiger partial charge is 0.205 e. The Bertz CT molecular complexity index is 331. The summed E-state index contributed by atoms with van der Waals surface area (Å²) in [5, 5.41) is 0. The summed E-state index contributed by atoms with van der Waals surface area (Å²) in [6, 6.07) is 0. The lowest BCUT2D eigenvalue weighted by molar-refractivity contribution is -0.114. The van der Waals surface area contributed by atoms with Crippen LogP contribution in [0.25, 0.3) is 0 Å². The molecule has 0 bridgehead atoms. The number of allylic oxidation sites excluding steroid dienone is 4. The lowest BCUT2D eigenvalue weighted by Crippen LogP contribution is -2.07. The van der Waals surface area contributed by atoms with Crippen LogP contribution in [-0.2, 0) is 4.79 Å². The van der Waals surface area contributed by atoms with Crippen molar-refractivity contribution < 1.29 is 9.18 Å². The third-order valence-corrected chi connectivity index (χ3v) is 2.42. The minimum atomic E-state index is -0.187. The van der Waals surface area contributed by atoms with Gasteiger partial charge in [0.05, 0.1) is 0 Å². The molecule has 0 spiro atoms. The molecule has 0 N–H and O–H groups in total. The van der Waals surface area contributed by atoms with E-state index in [0.29, 0.717) is 19.3 Å². The van der Waals surface area contributed by atoms with Crippen LogP contribution in [0.4, 0.5) is 4.39 Å². The molecule has 0 radical (unpaired) electrons. The molecular formula is C12H13FO. The van der Waals surface area contributed by atoms with Gasteiger partial charge >= 0.3 is 0 Å². The molecule has 0 aromatic heterocycles. The first-order chi connectivity index (χ1) is 6.63. The van der Waals surface area contributed by atoms with Gasteiger partial charge in [-0.15, -0.1) is 6.42 Å². The molecule has 14 heavy (non-hydrogen) atoms. The van der Waals surface area contributed by atoms with Crippen LogP contribution in [0.3, 0.4) is 0 Å². The average molecular weight is 192 g/mol. The molecule has 1 aliphatic carbocycles. The minimum Gasteiger partial charge on any atom is -0.285 e. The second-order valence-electron chi connectivity index (χ2n) is 3.53. The normalized spacial score (nSPS) is 17.8. The highest BCUT2D eigenvalue weighted by Gasteiger charge is 2.14. The van der Waals surface area contributed by atoms with E-state index in [-0.39, 0.29) is 17.5 Å². The van der Waals surface area contributed by atoms with E-state index in [2.05, 4.69) is 5.92 Å². The zero-order valence-electron chi connectivity index (χ0n) is 8.22. The van der Waals surface area contributed by atoms with Crippen molar-refractivity contribution >= 4 is 5.78 Å². The van der Waals surface area contributed by atoms with Crippen LogP contribution in [0.15, 0.2) is 23.6 Å². The SMILES string of the molecule is C#CC(=O)CC(C)C1=CC=C(F)CC1. The summed E-state index contributed by atoms with van der Waals surface area (Å²) in [6.45, 7) is 1.94. The number of hydrogen-bond donors (Lipinski definition) is 0. The standard InChI is InChI=1S/C12H13FO/c1-3-12(14)8-9(2)10-4-6-11(13)7-5-10/h1,4,6,9H,5,7-8H2,2H3. The van der Waals surface area contributed by atoms with E-state index >= 15 is 0 Å². The average Bonchev–Trinajstić information content (AvgIpc) is 2.18. The maximum Gasteiger partial charge on any atom is 0.205 e. The Morgan fingerprint density at radius 1 is 1.64 bits per heavy atom. The Hall–Kier alpha value is -1.36. The zero-order chi connectivity index (χ0) is 10.6. The molecule has 1 nitrogen and oxygen atoms in total. The highest BCUT2D eigenvalue weighted by atomic mass is 19.1. The van der Waals surface area contributed by atoms with Crippen LogP contribution in [0.5, 0.6) is 0 Å². The van der Waals surface area contributed by atoms with E-state index in [1.54, 1.807) is 6.08 Å². The number of terminal acetylenes is 1. The summed E-state index contributed by atoms with van der Waals surface area (Å²) in [6.07, 6.45) is 9.71. The van der Waals surface area contributed by atoms with Crippen LogP contribution in [-0.4, -0.2) is 5.78 Å². The van der Waals surface area contributed by atoms with Crippen LogP contribution >= 0.6 is 0 Å². The van der Waals surface area contributed by atoms with E-state index in [4.69, 9.17) is 6.42 Å². The van der Waals surface area contributed by atoms with Crippen molar-refractivity contribution in [2.24, 2.45) is 5.92 Å². The Balaban J connectivity index is 2.58. The van der Waals surface area contributed by atoms with Crippen molar-refractivity contribution in [2.75, 3.05) is 0 Å². The van der Waals surface area contributed by atoms with Gasteiger partial charge < -0.3 is 0 Å². The van der Waals surface area contributed by atoms with Crippen molar-refractivity contribution in [3.8, 4) is 12.3 Å². The van der Waals surface area contributed by atoms with Crippen LogP contribution < -0.4 is 0 Å². The zero-order valence-corrected chi connectivity index (χ0v) is 8.22. The maximum absolute atomic E-state index is 12.7. The lowest BCUT2D eigenvalue weighted by atomic mass is 9.89. The van der Waals surface area contributed by atoms with Crippen LogP contribution in [0.1, 0.15) is 26.2 Å². The highest BCUT2D eigenvalue weighted by Crippen LogP contribution is 2.26. The van der Waals surface area contributed by atoms with Crippen molar-refractivity contribution in [1.29, 1.82) is 0 Å². The molecule has 74 valence electrons. The van der Waals surface area contributed by atoms with E-state index < -0.39 is 0 Å². The number of carbonyl (C=O) groups is 1. The van der Waals surface area contributed by atoms with Gasteiger partial charge in [0, 0.05) is 12.8 Å². The van der Waals surface area contributed by atoms with E-state index in [9.17, 15) is 9.18 Å². The molecule has 0 aromatic carbocycles. The quantitative estimate of drug-likeness (QED) is 0.496. The van der Waals surface area contributed by atoms with Crippen molar-refractivity contribution in [3.63, 3.8) is 0 Å². The van der Waals surface area contributed by atoms with Gasteiger partial charge in [-0.1, -0.05) is 18.6 Å². The molecule has 1 unspecified atom stereocenters. The number of ketones is 1. The molecule has 2 heteroatoms. The van der Waals surface area contributed by atoms with Gasteiger partial charge in [-0.25, -0.2) is 4.39 Å².